The molecule has 0 aliphatic heterocycles. The van der Waals surface area contributed by atoms with E-state index in [2.05, 4.69) is 5.16 Å². The molecule has 0 saturated carbocycles. The monoisotopic (exact) mass is 397 g/mol. The van der Waals surface area contributed by atoms with Crippen molar-refractivity contribution in [1.29, 1.82) is 0 Å². The van der Waals surface area contributed by atoms with E-state index in [-0.39, 0.29) is 24.6 Å². The molecule has 0 spiro atoms. The molecule has 0 aliphatic rings. The number of nitrogens with zero attached hydrogens (tertiary/aromatic N) is 2. The summed E-state index contributed by atoms with van der Waals surface area (Å²) in [6.45, 7) is 11.3. The molecule has 28 heavy (non-hydrogen) atoms. The number of carbonyl (C=O) groups is 1. The lowest BCUT2D eigenvalue weighted by molar-refractivity contribution is -0.165. The highest BCUT2D eigenvalue weighted by molar-refractivity contribution is 5.97. The van der Waals surface area contributed by atoms with Gasteiger partial charge in [-0.15, -0.1) is 0 Å². The predicted molar refractivity (Wildman–Crippen MR) is 106 cm³/mol. The third-order valence-corrected chi connectivity index (χ3v) is 3.76. The molecule has 1 atom stereocenters. The van der Waals surface area contributed by atoms with Gasteiger partial charge in [0.15, 0.2) is 5.84 Å². The molecule has 1 rings (SSSR count). The number of nitrogens with two attached hydrogens (primary N) is 1. The van der Waals surface area contributed by atoms with Crippen LogP contribution in [0, 0.1) is 5.82 Å². The van der Waals surface area contributed by atoms with Crippen LogP contribution in [0.5, 0.6) is 0 Å². The number of benzene rings is 1. The number of ether oxygens (including phenoxy) is 2. The minimum absolute atomic E-state index is 0.110. The van der Waals surface area contributed by atoms with E-state index >= 15 is 0 Å². The van der Waals surface area contributed by atoms with Crippen LogP contribution < -0.4 is 5.73 Å². The molecule has 0 aliphatic carbocycles. The Morgan fingerprint density at radius 1 is 1.25 bits per heavy atom. The largest absolute Gasteiger partial charge is 0.459 e. The van der Waals surface area contributed by atoms with E-state index < -0.39 is 29.0 Å². The molecular formula is C20H32FN3O4. The van der Waals surface area contributed by atoms with Crippen LogP contribution in [0.2, 0.25) is 0 Å². The topological polar surface area (TPSA) is 97.4 Å². The van der Waals surface area contributed by atoms with Gasteiger partial charge in [-0.2, -0.15) is 0 Å². The molecule has 0 unspecified atom stereocenters. The number of esters is 1. The summed E-state index contributed by atoms with van der Waals surface area (Å²) >= 11 is 0. The first kappa shape index (κ1) is 23.8. The van der Waals surface area contributed by atoms with Crippen LogP contribution in [0.25, 0.3) is 0 Å². The van der Waals surface area contributed by atoms with Gasteiger partial charge in [0.1, 0.15) is 17.5 Å². The van der Waals surface area contributed by atoms with Gasteiger partial charge in [0.2, 0.25) is 0 Å². The zero-order chi connectivity index (χ0) is 21.7. The summed E-state index contributed by atoms with van der Waals surface area (Å²) < 4.78 is 25.7. The molecule has 0 heterocycles. The molecular weight excluding hydrogens is 365 g/mol. The summed E-state index contributed by atoms with van der Waals surface area (Å²) in [5.74, 6) is -1.13. The number of hydrogen-bond acceptors (Lipinski definition) is 6. The van der Waals surface area contributed by atoms with Gasteiger partial charge in [-0.05, 0) is 54.7 Å². The first-order chi connectivity index (χ1) is 12.7. The van der Waals surface area contributed by atoms with Crippen molar-refractivity contribution < 1.29 is 23.9 Å². The Bertz CT molecular complexity index is 708. The average Bonchev–Trinajstić information content (AvgIpc) is 2.53. The van der Waals surface area contributed by atoms with Crippen LogP contribution in [0.4, 0.5) is 4.39 Å². The first-order valence-corrected chi connectivity index (χ1v) is 9.07. The fourth-order valence-corrected chi connectivity index (χ4v) is 2.35. The van der Waals surface area contributed by atoms with Crippen LogP contribution >= 0.6 is 0 Å². The Hall–Kier alpha value is -2.19. The first-order valence-electron chi connectivity index (χ1n) is 9.07. The van der Waals surface area contributed by atoms with Crippen molar-refractivity contribution in [3.63, 3.8) is 0 Å². The number of likely N-dealkylation sites (N-methyl/N-ethyl adjacent to an activating group) is 1. The summed E-state index contributed by atoms with van der Waals surface area (Å²) in [7, 11) is 1.71. The second-order valence-electron chi connectivity index (χ2n) is 8.68. The van der Waals surface area contributed by atoms with Crippen LogP contribution in [0.3, 0.4) is 0 Å². The number of halogens is 1. The van der Waals surface area contributed by atoms with Crippen molar-refractivity contribution in [2.24, 2.45) is 10.9 Å². The van der Waals surface area contributed by atoms with Crippen LogP contribution in [0.1, 0.15) is 52.7 Å². The van der Waals surface area contributed by atoms with Crippen molar-refractivity contribution in [3.8, 4) is 0 Å². The van der Waals surface area contributed by atoms with Gasteiger partial charge in [0, 0.05) is 17.7 Å². The summed E-state index contributed by atoms with van der Waals surface area (Å²) in [5.41, 5.74) is 5.04. The molecule has 3 N–H and O–H groups in total. The maximum absolute atomic E-state index is 14.5. The minimum Gasteiger partial charge on any atom is -0.459 e. The third kappa shape index (κ3) is 7.82. The number of oxime groups is 1. The van der Waals surface area contributed by atoms with E-state index in [1.165, 1.54) is 12.1 Å². The van der Waals surface area contributed by atoms with Crippen molar-refractivity contribution in [2.45, 2.75) is 65.3 Å². The van der Waals surface area contributed by atoms with Crippen LogP contribution in [0.15, 0.2) is 23.4 Å². The molecule has 0 aromatic heterocycles. The quantitative estimate of drug-likeness (QED) is 0.241. The smallest absolute Gasteiger partial charge is 0.326 e. The van der Waals surface area contributed by atoms with Crippen molar-refractivity contribution in [1.82, 2.24) is 4.90 Å². The second-order valence-corrected chi connectivity index (χ2v) is 8.68. The van der Waals surface area contributed by atoms with E-state index in [1.54, 1.807) is 38.8 Å². The van der Waals surface area contributed by atoms with E-state index in [1.807, 2.05) is 20.8 Å². The van der Waals surface area contributed by atoms with Gasteiger partial charge in [-0.25, -0.2) is 4.39 Å². The number of amidine groups is 1. The molecule has 0 radical (unpaired) electrons. The van der Waals surface area contributed by atoms with Gasteiger partial charge < -0.3 is 20.4 Å². The Balaban J connectivity index is 3.02. The molecule has 8 heteroatoms. The highest BCUT2D eigenvalue weighted by atomic mass is 19.1. The second kappa shape index (κ2) is 9.34. The molecule has 1 aromatic rings. The molecule has 0 bridgehead atoms. The van der Waals surface area contributed by atoms with Crippen molar-refractivity contribution >= 4 is 11.8 Å². The van der Waals surface area contributed by atoms with Gasteiger partial charge in [-0.1, -0.05) is 17.3 Å². The van der Waals surface area contributed by atoms with Crippen LogP contribution in [-0.4, -0.2) is 52.8 Å². The summed E-state index contributed by atoms with van der Waals surface area (Å²) in [6.07, 6.45) is 0. The minimum atomic E-state index is -0.707. The predicted octanol–water partition coefficient (Wildman–Crippen LogP) is 2.88. The number of carbonyl (C=O) groups excluding carboxylic acids is 1. The average molecular weight is 397 g/mol. The SMILES string of the molecule is CN(Cc1ccc(C(N)=NO)cc1F)[C@@H](COC(C)(C)C)C(=O)OC(C)(C)C. The number of rotatable bonds is 7. The third-order valence-electron chi connectivity index (χ3n) is 3.76. The highest BCUT2D eigenvalue weighted by Gasteiger charge is 2.30. The molecule has 0 amide bonds. The Kier molecular flexibility index (Phi) is 7.95. The molecule has 7 nitrogen and oxygen atoms in total. The molecule has 1 aromatic carbocycles. The fourth-order valence-electron chi connectivity index (χ4n) is 2.35. The lowest BCUT2D eigenvalue weighted by Crippen LogP contribution is -2.46. The Morgan fingerprint density at radius 2 is 1.86 bits per heavy atom. The standard InChI is InChI=1S/C20H32FN3O4/c1-19(2,3)27-12-16(18(25)28-20(4,5)6)24(7)11-14-9-8-13(10-15(14)21)17(22)23-26/h8-10,16,26H,11-12H2,1-7H3,(H2,22,23)/t16-/m0/s1. The van der Waals surface area contributed by atoms with Gasteiger partial charge in [0.25, 0.3) is 0 Å². The summed E-state index contributed by atoms with van der Waals surface area (Å²) in [6, 6.07) is 3.57. The van der Waals surface area contributed by atoms with Gasteiger partial charge >= 0.3 is 5.97 Å². The Labute approximate surface area is 166 Å². The van der Waals surface area contributed by atoms with Crippen LogP contribution in [-0.2, 0) is 20.8 Å². The zero-order valence-electron chi connectivity index (χ0n) is 17.7. The van der Waals surface area contributed by atoms with Crippen molar-refractivity contribution in [2.75, 3.05) is 13.7 Å². The van der Waals surface area contributed by atoms with E-state index in [0.717, 1.165) is 0 Å². The summed E-state index contributed by atoms with van der Waals surface area (Å²) in [4.78, 5) is 14.4. The van der Waals surface area contributed by atoms with E-state index in [9.17, 15) is 9.18 Å². The maximum atomic E-state index is 14.5. The lowest BCUT2D eigenvalue weighted by atomic mass is 10.1. The van der Waals surface area contributed by atoms with Crippen molar-refractivity contribution in [3.05, 3.63) is 35.1 Å². The normalized spacial score (nSPS) is 14.2. The zero-order valence-corrected chi connectivity index (χ0v) is 17.7. The Morgan fingerprint density at radius 3 is 2.32 bits per heavy atom. The lowest BCUT2D eigenvalue weighted by Gasteiger charge is -2.32. The molecule has 0 saturated heterocycles. The van der Waals surface area contributed by atoms with E-state index in [0.29, 0.717) is 5.56 Å². The maximum Gasteiger partial charge on any atom is 0.326 e. The van der Waals surface area contributed by atoms with E-state index in [4.69, 9.17) is 20.4 Å². The number of hydrogen-bond donors (Lipinski definition) is 2. The molecule has 158 valence electrons. The summed E-state index contributed by atoms with van der Waals surface area (Å²) in [5, 5.41) is 11.6. The van der Waals surface area contributed by atoms with Gasteiger partial charge in [0.05, 0.1) is 12.2 Å². The molecule has 0 fully saturated rings. The fraction of sp³-hybridized carbons (Fsp3) is 0.600. The van der Waals surface area contributed by atoms with Gasteiger partial charge in [-0.3, -0.25) is 9.69 Å². The highest BCUT2D eigenvalue weighted by Crippen LogP contribution is 2.18.